The quantitative estimate of drug-likeness (QED) is 0.597. The third-order valence-corrected chi connectivity index (χ3v) is 3.36. The highest BCUT2D eigenvalue weighted by Gasteiger charge is 2.08. The number of nitrogens with two attached hydrogens (primary N) is 1. The van der Waals surface area contributed by atoms with E-state index < -0.39 is 0 Å². The minimum atomic E-state index is 0.149. The SMILES string of the molecule is CC[C@@H](N)c1ccccc1SCCOC. The lowest BCUT2D eigenvalue weighted by molar-refractivity contribution is 0.218. The second-order valence-corrected chi connectivity index (χ2v) is 4.53. The molecule has 0 fully saturated rings. The molecule has 1 aromatic carbocycles. The summed E-state index contributed by atoms with van der Waals surface area (Å²) in [5.41, 5.74) is 7.31. The molecule has 0 aromatic heterocycles. The summed E-state index contributed by atoms with van der Waals surface area (Å²) in [6, 6.07) is 8.50. The molecule has 0 amide bonds. The molecule has 0 spiro atoms. The molecule has 0 aliphatic carbocycles. The van der Waals surface area contributed by atoms with E-state index in [1.807, 2.05) is 17.8 Å². The summed E-state index contributed by atoms with van der Waals surface area (Å²) in [4.78, 5) is 1.28. The van der Waals surface area contributed by atoms with Crippen molar-refractivity contribution in [2.24, 2.45) is 5.73 Å². The molecular formula is C12H19NOS. The van der Waals surface area contributed by atoms with Crippen molar-refractivity contribution >= 4 is 11.8 Å². The highest BCUT2D eigenvalue weighted by molar-refractivity contribution is 7.99. The van der Waals surface area contributed by atoms with Crippen molar-refractivity contribution in [2.45, 2.75) is 24.3 Å². The second-order valence-electron chi connectivity index (χ2n) is 3.39. The average Bonchev–Trinajstić information content (AvgIpc) is 2.29. The van der Waals surface area contributed by atoms with Gasteiger partial charge in [-0.05, 0) is 18.1 Å². The van der Waals surface area contributed by atoms with Gasteiger partial charge in [-0.3, -0.25) is 0 Å². The summed E-state index contributed by atoms with van der Waals surface area (Å²) in [5.74, 6) is 0.976. The van der Waals surface area contributed by atoms with Crippen molar-refractivity contribution in [1.29, 1.82) is 0 Å². The standard InChI is InChI=1S/C12H19NOS/c1-3-11(13)10-6-4-5-7-12(10)15-9-8-14-2/h4-7,11H,3,8-9,13H2,1-2H3/t11-/m1/s1. The first kappa shape index (κ1) is 12.6. The predicted molar refractivity (Wildman–Crippen MR) is 66.3 cm³/mol. The highest BCUT2D eigenvalue weighted by Crippen LogP contribution is 2.27. The third kappa shape index (κ3) is 3.86. The lowest BCUT2D eigenvalue weighted by Gasteiger charge is -2.14. The fourth-order valence-electron chi connectivity index (χ4n) is 1.37. The molecule has 1 aromatic rings. The molecule has 2 N–H and O–H groups in total. The summed E-state index contributed by atoms with van der Waals surface area (Å²) < 4.78 is 5.04. The van der Waals surface area contributed by atoms with E-state index in [0.717, 1.165) is 18.8 Å². The number of hydrogen-bond donors (Lipinski definition) is 1. The highest BCUT2D eigenvalue weighted by atomic mass is 32.2. The molecule has 0 radical (unpaired) electrons. The Balaban J connectivity index is 2.68. The van der Waals surface area contributed by atoms with Crippen molar-refractivity contribution in [3.8, 4) is 0 Å². The van der Waals surface area contributed by atoms with Crippen molar-refractivity contribution in [1.82, 2.24) is 0 Å². The van der Waals surface area contributed by atoms with Crippen LogP contribution in [0.25, 0.3) is 0 Å². The maximum Gasteiger partial charge on any atom is 0.0556 e. The lowest BCUT2D eigenvalue weighted by Crippen LogP contribution is -2.09. The molecule has 0 aliphatic rings. The van der Waals surface area contributed by atoms with Crippen LogP contribution >= 0.6 is 11.8 Å². The Bertz CT molecular complexity index is 291. The first-order chi connectivity index (χ1) is 7.29. The number of methoxy groups -OCH3 is 1. The molecule has 0 saturated heterocycles. The van der Waals surface area contributed by atoms with Gasteiger partial charge in [-0.15, -0.1) is 11.8 Å². The van der Waals surface area contributed by atoms with E-state index in [1.54, 1.807) is 7.11 Å². The summed E-state index contributed by atoms with van der Waals surface area (Å²) in [5, 5.41) is 0. The average molecular weight is 225 g/mol. The minimum absolute atomic E-state index is 0.149. The van der Waals surface area contributed by atoms with E-state index in [9.17, 15) is 0 Å². The summed E-state index contributed by atoms with van der Waals surface area (Å²) in [6.45, 7) is 2.89. The van der Waals surface area contributed by atoms with Gasteiger partial charge in [0.25, 0.3) is 0 Å². The molecule has 3 heteroatoms. The van der Waals surface area contributed by atoms with Crippen LogP contribution < -0.4 is 5.73 Å². The molecule has 0 aliphatic heterocycles. The van der Waals surface area contributed by atoms with Gasteiger partial charge in [0.1, 0.15) is 0 Å². The third-order valence-electron chi connectivity index (χ3n) is 2.30. The van der Waals surface area contributed by atoms with Crippen molar-refractivity contribution in [3.63, 3.8) is 0 Å². The molecule has 1 rings (SSSR count). The number of rotatable bonds is 6. The Labute approximate surface area is 96.2 Å². The van der Waals surface area contributed by atoms with Gasteiger partial charge in [0.2, 0.25) is 0 Å². The molecular weight excluding hydrogens is 206 g/mol. The topological polar surface area (TPSA) is 35.2 Å². The van der Waals surface area contributed by atoms with Crippen molar-refractivity contribution in [2.75, 3.05) is 19.5 Å². The van der Waals surface area contributed by atoms with Crippen LogP contribution in [-0.2, 0) is 4.74 Å². The Morgan fingerprint density at radius 2 is 2.13 bits per heavy atom. The van der Waals surface area contributed by atoms with E-state index in [0.29, 0.717) is 0 Å². The number of benzene rings is 1. The lowest BCUT2D eigenvalue weighted by atomic mass is 10.1. The zero-order valence-electron chi connectivity index (χ0n) is 9.40. The smallest absolute Gasteiger partial charge is 0.0556 e. The molecule has 0 bridgehead atoms. The molecule has 2 nitrogen and oxygen atoms in total. The summed E-state index contributed by atoms with van der Waals surface area (Å²) in [6.07, 6.45) is 0.974. The van der Waals surface area contributed by atoms with Gasteiger partial charge in [-0.1, -0.05) is 25.1 Å². The monoisotopic (exact) mass is 225 g/mol. The van der Waals surface area contributed by atoms with Crippen LogP contribution in [0.2, 0.25) is 0 Å². The van der Waals surface area contributed by atoms with Crippen LogP contribution in [0.15, 0.2) is 29.2 Å². The minimum Gasteiger partial charge on any atom is -0.384 e. The van der Waals surface area contributed by atoms with Gasteiger partial charge in [0.15, 0.2) is 0 Å². The van der Waals surface area contributed by atoms with Gasteiger partial charge in [-0.25, -0.2) is 0 Å². The zero-order valence-corrected chi connectivity index (χ0v) is 10.2. The Hall–Kier alpha value is -0.510. The number of ether oxygens (including phenoxy) is 1. The number of thioether (sulfide) groups is 1. The van der Waals surface area contributed by atoms with Gasteiger partial charge in [0, 0.05) is 23.8 Å². The summed E-state index contributed by atoms with van der Waals surface area (Å²) >= 11 is 1.81. The van der Waals surface area contributed by atoms with Gasteiger partial charge in [-0.2, -0.15) is 0 Å². The largest absolute Gasteiger partial charge is 0.384 e. The molecule has 0 saturated carbocycles. The molecule has 1 atom stereocenters. The van der Waals surface area contributed by atoms with E-state index in [2.05, 4.69) is 25.1 Å². The zero-order chi connectivity index (χ0) is 11.1. The molecule has 0 unspecified atom stereocenters. The van der Waals surface area contributed by atoms with E-state index in [-0.39, 0.29) is 6.04 Å². The summed E-state index contributed by atoms with van der Waals surface area (Å²) in [7, 11) is 1.73. The van der Waals surface area contributed by atoms with Crippen LogP contribution in [0.5, 0.6) is 0 Å². The van der Waals surface area contributed by atoms with E-state index in [1.165, 1.54) is 10.5 Å². The van der Waals surface area contributed by atoms with E-state index >= 15 is 0 Å². The fourth-order valence-corrected chi connectivity index (χ4v) is 2.40. The Kier molecular flexibility index (Phi) is 5.76. The van der Waals surface area contributed by atoms with Crippen molar-refractivity contribution < 1.29 is 4.74 Å². The van der Waals surface area contributed by atoms with Crippen LogP contribution in [0.1, 0.15) is 24.9 Å². The maximum absolute atomic E-state index is 6.05. The maximum atomic E-state index is 6.05. The fraction of sp³-hybridized carbons (Fsp3) is 0.500. The van der Waals surface area contributed by atoms with Crippen LogP contribution in [0.4, 0.5) is 0 Å². The molecule has 0 heterocycles. The van der Waals surface area contributed by atoms with Crippen LogP contribution in [-0.4, -0.2) is 19.5 Å². The van der Waals surface area contributed by atoms with Crippen molar-refractivity contribution in [3.05, 3.63) is 29.8 Å². The normalized spacial score (nSPS) is 12.7. The van der Waals surface area contributed by atoms with Gasteiger partial charge >= 0.3 is 0 Å². The molecule has 15 heavy (non-hydrogen) atoms. The predicted octanol–water partition coefficient (Wildman–Crippen LogP) is 2.83. The van der Waals surface area contributed by atoms with Crippen LogP contribution in [0.3, 0.4) is 0 Å². The Morgan fingerprint density at radius 3 is 2.80 bits per heavy atom. The van der Waals surface area contributed by atoms with Crippen LogP contribution in [0, 0.1) is 0 Å². The van der Waals surface area contributed by atoms with Gasteiger partial charge < -0.3 is 10.5 Å². The molecule has 84 valence electrons. The van der Waals surface area contributed by atoms with Gasteiger partial charge in [0.05, 0.1) is 6.61 Å². The van der Waals surface area contributed by atoms with E-state index in [4.69, 9.17) is 10.5 Å². The Morgan fingerprint density at radius 1 is 1.40 bits per heavy atom. The first-order valence-corrected chi connectivity index (χ1v) is 6.24. The number of hydrogen-bond acceptors (Lipinski definition) is 3. The second kappa shape index (κ2) is 6.88. The first-order valence-electron chi connectivity index (χ1n) is 5.25.